The van der Waals surface area contributed by atoms with Crippen molar-refractivity contribution >= 4 is 17.4 Å². The van der Waals surface area contributed by atoms with Crippen LogP contribution >= 0.6 is 0 Å². The van der Waals surface area contributed by atoms with Gasteiger partial charge in [-0.1, -0.05) is 35.9 Å². The van der Waals surface area contributed by atoms with Crippen molar-refractivity contribution in [2.45, 2.75) is 19.4 Å². The topological polar surface area (TPSA) is 99.5 Å². The van der Waals surface area contributed by atoms with Crippen molar-refractivity contribution in [1.82, 2.24) is 9.80 Å². The summed E-state index contributed by atoms with van der Waals surface area (Å²) < 4.78 is 10.6. The van der Waals surface area contributed by atoms with Crippen LogP contribution in [0.2, 0.25) is 0 Å². The largest absolute Gasteiger partial charge is 0.507 e. The molecular weight excluding hydrogens is 436 g/mol. The summed E-state index contributed by atoms with van der Waals surface area (Å²) in [4.78, 5) is 30.0. The number of amides is 1. The minimum Gasteiger partial charge on any atom is -0.507 e. The third-order valence-electron chi connectivity index (χ3n) is 6.36. The van der Waals surface area contributed by atoms with Gasteiger partial charge in [0.2, 0.25) is 0 Å². The molecule has 2 N–H and O–H groups in total. The predicted octanol–water partition coefficient (Wildman–Crippen LogP) is 2.85. The number of nitrogens with zero attached hydrogens (tertiary/aromatic N) is 2. The number of benzene rings is 2. The number of ether oxygens (including phenoxy) is 2. The number of phenols is 1. The highest BCUT2D eigenvalue weighted by Crippen LogP contribution is 2.41. The van der Waals surface area contributed by atoms with Crippen molar-refractivity contribution < 1.29 is 29.3 Å². The fraction of sp³-hybridized carbons (Fsp3) is 0.385. The van der Waals surface area contributed by atoms with Gasteiger partial charge in [-0.25, -0.2) is 0 Å². The molecule has 0 spiro atoms. The van der Waals surface area contributed by atoms with Crippen LogP contribution in [0.1, 0.15) is 29.2 Å². The lowest BCUT2D eigenvalue weighted by molar-refractivity contribution is -0.140. The summed E-state index contributed by atoms with van der Waals surface area (Å²) in [6.07, 6.45) is 0.670. The zero-order valence-corrected chi connectivity index (χ0v) is 19.5. The van der Waals surface area contributed by atoms with Crippen LogP contribution in [0, 0.1) is 6.92 Å². The minimum absolute atomic E-state index is 0.0352. The second-order valence-corrected chi connectivity index (χ2v) is 8.60. The van der Waals surface area contributed by atoms with E-state index in [0.717, 1.165) is 25.2 Å². The molecular formula is C26H30N2O6. The molecule has 2 aromatic carbocycles. The molecule has 4 rings (SSSR count). The summed E-state index contributed by atoms with van der Waals surface area (Å²) in [5, 5.41) is 21.2. The van der Waals surface area contributed by atoms with Gasteiger partial charge in [0.15, 0.2) is 11.5 Å². The third-order valence-corrected chi connectivity index (χ3v) is 6.36. The Morgan fingerprint density at radius 3 is 2.47 bits per heavy atom. The molecule has 0 saturated carbocycles. The highest BCUT2D eigenvalue weighted by Gasteiger charge is 2.46. The van der Waals surface area contributed by atoms with Crippen LogP contribution in [0.5, 0.6) is 11.5 Å². The Kier molecular flexibility index (Phi) is 7.19. The number of aromatic hydroxyl groups is 1. The van der Waals surface area contributed by atoms with Gasteiger partial charge in [0.05, 0.1) is 31.9 Å². The number of morpholine rings is 1. The first kappa shape index (κ1) is 23.8. The number of Topliss-reactive ketones (excluding diaryl/α,β-unsaturated/α-hetero) is 1. The highest BCUT2D eigenvalue weighted by atomic mass is 16.5. The van der Waals surface area contributed by atoms with Crippen LogP contribution in [0.4, 0.5) is 0 Å². The zero-order valence-electron chi connectivity index (χ0n) is 19.5. The molecule has 0 bridgehead atoms. The van der Waals surface area contributed by atoms with Crippen molar-refractivity contribution in [3.63, 3.8) is 0 Å². The lowest BCUT2D eigenvalue weighted by Gasteiger charge is -2.29. The molecule has 2 heterocycles. The fourth-order valence-corrected chi connectivity index (χ4v) is 4.48. The number of likely N-dealkylation sites (tertiary alicyclic amines) is 1. The normalized spacial score (nSPS) is 20.6. The van der Waals surface area contributed by atoms with E-state index in [1.165, 1.54) is 18.1 Å². The van der Waals surface area contributed by atoms with E-state index < -0.39 is 17.7 Å². The van der Waals surface area contributed by atoms with Crippen LogP contribution < -0.4 is 4.74 Å². The molecule has 0 aromatic heterocycles. The Morgan fingerprint density at radius 1 is 1.09 bits per heavy atom. The molecule has 0 radical (unpaired) electrons. The Morgan fingerprint density at radius 2 is 1.79 bits per heavy atom. The molecule has 8 nitrogen and oxygen atoms in total. The van der Waals surface area contributed by atoms with E-state index in [4.69, 9.17) is 9.47 Å². The molecule has 8 heteroatoms. The molecule has 2 aromatic rings. The van der Waals surface area contributed by atoms with Gasteiger partial charge in [0.1, 0.15) is 5.76 Å². The number of carbonyl (C=O) groups excluding carboxylic acids is 2. The third kappa shape index (κ3) is 4.78. The Hall–Kier alpha value is -3.36. The molecule has 2 aliphatic heterocycles. The van der Waals surface area contributed by atoms with Gasteiger partial charge in [-0.2, -0.15) is 0 Å². The standard InChI is InChI=1S/C26H30N2O6/c1-17-4-6-18(7-5-17)24(30)22-23(19-8-9-20(29)21(16-19)33-2)28(26(32)25(22)31)11-3-10-27-12-14-34-15-13-27/h4-9,16,23,29-30H,3,10-15H2,1-2H3/b24-22-. The molecule has 1 unspecified atom stereocenters. The second-order valence-electron chi connectivity index (χ2n) is 8.60. The van der Waals surface area contributed by atoms with E-state index in [0.29, 0.717) is 37.3 Å². The number of hydrogen-bond donors (Lipinski definition) is 2. The Balaban J connectivity index is 1.70. The lowest BCUT2D eigenvalue weighted by Crippen LogP contribution is -2.38. The smallest absolute Gasteiger partial charge is 0.295 e. The first-order chi connectivity index (χ1) is 16.4. The second kappa shape index (κ2) is 10.3. The van der Waals surface area contributed by atoms with Gasteiger partial charge in [-0.15, -0.1) is 0 Å². The molecule has 1 amide bonds. The molecule has 0 aliphatic carbocycles. The number of aliphatic hydroxyl groups excluding tert-OH is 1. The Bertz CT molecular complexity index is 1090. The molecule has 1 atom stereocenters. The van der Waals surface area contributed by atoms with Crippen LogP contribution in [0.25, 0.3) is 5.76 Å². The average molecular weight is 467 g/mol. The average Bonchev–Trinajstić information content (AvgIpc) is 3.10. The number of ketones is 1. The van der Waals surface area contributed by atoms with Gasteiger partial charge in [-0.05, 0) is 31.0 Å². The maximum absolute atomic E-state index is 13.2. The number of aryl methyl sites for hydroxylation is 1. The van der Waals surface area contributed by atoms with E-state index >= 15 is 0 Å². The summed E-state index contributed by atoms with van der Waals surface area (Å²) in [7, 11) is 1.43. The SMILES string of the molecule is COc1cc(C2/C(=C(/O)c3ccc(C)cc3)C(=O)C(=O)N2CCCN2CCOCC2)ccc1O. The first-order valence-corrected chi connectivity index (χ1v) is 11.4. The van der Waals surface area contributed by atoms with Crippen molar-refractivity contribution in [2.75, 3.05) is 46.5 Å². The summed E-state index contributed by atoms with van der Waals surface area (Å²) >= 11 is 0. The van der Waals surface area contributed by atoms with E-state index in [9.17, 15) is 19.8 Å². The maximum Gasteiger partial charge on any atom is 0.295 e. The summed E-state index contributed by atoms with van der Waals surface area (Å²) in [6, 6.07) is 11.1. The van der Waals surface area contributed by atoms with Crippen LogP contribution in [-0.2, 0) is 14.3 Å². The molecule has 2 fully saturated rings. The number of hydrogen-bond acceptors (Lipinski definition) is 7. The number of rotatable bonds is 7. The van der Waals surface area contributed by atoms with Crippen molar-refractivity contribution in [2.24, 2.45) is 0 Å². The summed E-state index contributed by atoms with van der Waals surface area (Å²) in [5.41, 5.74) is 2.09. The lowest BCUT2D eigenvalue weighted by atomic mass is 9.94. The Labute approximate surface area is 199 Å². The van der Waals surface area contributed by atoms with Gasteiger partial charge >= 0.3 is 0 Å². The van der Waals surface area contributed by atoms with Gasteiger partial charge in [-0.3, -0.25) is 14.5 Å². The first-order valence-electron chi connectivity index (χ1n) is 11.4. The van der Waals surface area contributed by atoms with Crippen molar-refractivity contribution in [1.29, 1.82) is 0 Å². The molecule has 180 valence electrons. The van der Waals surface area contributed by atoms with E-state index in [1.54, 1.807) is 24.3 Å². The molecule has 2 saturated heterocycles. The number of carbonyl (C=O) groups is 2. The highest BCUT2D eigenvalue weighted by molar-refractivity contribution is 6.46. The quantitative estimate of drug-likeness (QED) is 0.368. The van der Waals surface area contributed by atoms with Gasteiger partial charge < -0.3 is 24.6 Å². The van der Waals surface area contributed by atoms with E-state index in [2.05, 4.69) is 4.90 Å². The van der Waals surface area contributed by atoms with Crippen LogP contribution in [0.15, 0.2) is 48.0 Å². The summed E-state index contributed by atoms with van der Waals surface area (Å²) in [5.74, 6) is -1.40. The monoisotopic (exact) mass is 466 g/mol. The minimum atomic E-state index is -0.791. The number of phenolic OH excluding ortho intramolecular Hbond substituents is 1. The van der Waals surface area contributed by atoms with Crippen LogP contribution in [0.3, 0.4) is 0 Å². The van der Waals surface area contributed by atoms with E-state index in [-0.39, 0.29) is 22.8 Å². The number of methoxy groups -OCH3 is 1. The van der Waals surface area contributed by atoms with Crippen molar-refractivity contribution in [3.05, 3.63) is 64.7 Å². The van der Waals surface area contributed by atoms with Gasteiger partial charge in [0, 0.05) is 31.7 Å². The van der Waals surface area contributed by atoms with Gasteiger partial charge in [0.25, 0.3) is 11.7 Å². The van der Waals surface area contributed by atoms with Crippen LogP contribution in [-0.4, -0.2) is 78.2 Å². The predicted molar refractivity (Wildman–Crippen MR) is 127 cm³/mol. The summed E-state index contributed by atoms with van der Waals surface area (Å²) in [6.45, 7) is 6.11. The maximum atomic E-state index is 13.2. The molecule has 2 aliphatic rings. The van der Waals surface area contributed by atoms with Crippen molar-refractivity contribution in [3.8, 4) is 11.5 Å². The number of aliphatic hydroxyl groups is 1. The fourth-order valence-electron chi connectivity index (χ4n) is 4.48. The zero-order chi connectivity index (χ0) is 24.2. The molecule has 34 heavy (non-hydrogen) atoms. The van der Waals surface area contributed by atoms with E-state index in [1.807, 2.05) is 19.1 Å².